The van der Waals surface area contributed by atoms with Gasteiger partial charge in [-0.3, -0.25) is 41.0 Å². The van der Waals surface area contributed by atoms with Gasteiger partial charge in [-0.1, -0.05) is 12.1 Å². The minimum atomic E-state index is -0.457. The largest absolute Gasteiger partial charge is 0.278 e. The molecule has 12 nitrogen and oxygen atoms in total. The predicted molar refractivity (Wildman–Crippen MR) is 146 cm³/mol. The lowest BCUT2D eigenvalue weighted by Crippen LogP contribution is -1.96. The van der Waals surface area contributed by atoms with E-state index in [0.717, 1.165) is 21.9 Å². The molecule has 0 aliphatic rings. The van der Waals surface area contributed by atoms with Crippen LogP contribution in [0.2, 0.25) is 0 Å². The number of nitrogens with one attached hydrogen (secondary N) is 2. The average Bonchev–Trinajstić information content (AvgIpc) is 2.93. The van der Waals surface area contributed by atoms with Crippen molar-refractivity contribution in [1.29, 1.82) is 0 Å². The van der Waals surface area contributed by atoms with E-state index in [0.29, 0.717) is 22.4 Å². The first kappa shape index (κ1) is 23.9. The molecule has 38 heavy (non-hydrogen) atoms. The van der Waals surface area contributed by atoms with Crippen LogP contribution < -0.4 is 10.9 Å². The van der Waals surface area contributed by atoms with E-state index >= 15 is 0 Å². The maximum Gasteiger partial charge on any atom is 0.269 e. The van der Waals surface area contributed by atoms with Crippen molar-refractivity contribution in [1.82, 2.24) is 9.97 Å². The van der Waals surface area contributed by atoms with Crippen LogP contribution in [-0.2, 0) is 0 Å². The highest BCUT2D eigenvalue weighted by molar-refractivity contribution is 6.12. The normalized spacial score (nSPS) is 11.4. The van der Waals surface area contributed by atoms with Gasteiger partial charge in [0.2, 0.25) is 0 Å². The fraction of sp³-hybridized carbons (Fsp3) is 0. The summed E-state index contributed by atoms with van der Waals surface area (Å²) in [7, 11) is 0. The first-order valence-electron chi connectivity index (χ1n) is 11.2. The van der Waals surface area contributed by atoms with Crippen LogP contribution in [0.5, 0.6) is 0 Å². The zero-order valence-corrected chi connectivity index (χ0v) is 19.6. The minimum absolute atomic E-state index is 0.00517. The van der Waals surface area contributed by atoms with Crippen molar-refractivity contribution in [2.75, 3.05) is 10.9 Å². The number of hydrazone groups is 2. The van der Waals surface area contributed by atoms with Gasteiger partial charge in [-0.05, 0) is 36.4 Å². The van der Waals surface area contributed by atoms with Gasteiger partial charge in [0.15, 0.2) is 0 Å². The molecule has 0 unspecified atom stereocenters. The predicted octanol–water partition coefficient (Wildman–Crippen LogP) is 5.49. The number of benzene rings is 3. The van der Waals surface area contributed by atoms with Gasteiger partial charge >= 0.3 is 0 Å². The molecule has 2 aromatic heterocycles. The molecule has 3 aromatic carbocycles. The molecule has 5 aromatic rings. The van der Waals surface area contributed by atoms with Gasteiger partial charge < -0.3 is 0 Å². The second-order valence-electron chi connectivity index (χ2n) is 8.01. The number of anilines is 2. The van der Waals surface area contributed by atoms with Crippen LogP contribution in [0.3, 0.4) is 0 Å². The molecule has 0 fully saturated rings. The number of pyridine rings is 2. The van der Waals surface area contributed by atoms with E-state index < -0.39 is 9.85 Å². The van der Waals surface area contributed by atoms with Crippen LogP contribution in [0.25, 0.3) is 21.8 Å². The fourth-order valence-electron chi connectivity index (χ4n) is 3.76. The summed E-state index contributed by atoms with van der Waals surface area (Å²) in [6, 6.07) is 19.5. The first-order chi connectivity index (χ1) is 18.5. The lowest BCUT2D eigenvalue weighted by Gasteiger charge is -2.07. The molecule has 0 radical (unpaired) electrons. The molecule has 0 atom stereocenters. The second kappa shape index (κ2) is 10.5. The Kier molecular flexibility index (Phi) is 6.59. The zero-order valence-electron chi connectivity index (χ0n) is 19.6. The Morgan fingerprint density at radius 2 is 1.00 bits per heavy atom. The van der Waals surface area contributed by atoms with Crippen molar-refractivity contribution in [2.45, 2.75) is 0 Å². The number of aromatic nitrogens is 2. The molecule has 0 aliphatic carbocycles. The maximum absolute atomic E-state index is 10.8. The molecule has 0 bridgehead atoms. The summed E-state index contributed by atoms with van der Waals surface area (Å²) < 4.78 is 0. The van der Waals surface area contributed by atoms with E-state index in [2.05, 4.69) is 31.0 Å². The summed E-state index contributed by atoms with van der Waals surface area (Å²) in [5, 5.41) is 31.8. The molecule has 0 saturated heterocycles. The summed E-state index contributed by atoms with van der Waals surface area (Å²) >= 11 is 0. The topological polar surface area (TPSA) is 161 Å². The number of non-ortho nitro benzene ring substituents is 2. The van der Waals surface area contributed by atoms with E-state index in [1.54, 1.807) is 49.1 Å². The van der Waals surface area contributed by atoms with Crippen molar-refractivity contribution in [2.24, 2.45) is 10.2 Å². The van der Waals surface area contributed by atoms with Gasteiger partial charge in [-0.25, -0.2) is 0 Å². The molecule has 5 rings (SSSR count). The standard InChI is InChI=1S/C26H18N8O4/c35-33(36)21-5-1-19(2-6-21)31-29-15-17-11-13-27-25-23(17)9-10-24-18(12-14-28-26(24)25)16-30-32-20-3-7-22(8-4-20)34(37)38/h1-16,31-32H/b29-15+,30-16+. The number of nitrogens with zero attached hydrogens (tertiary/aromatic N) is 6. The Labute approximate surface area is 214 Å². The van der Waals surface area contributed by atoms with E-state index in [1.165, 1.54) is 24.3 Å². The Bertz CT molecular complexity index is 1590. The highest BCUT2D eigenvalue weighted by atomic mass is 16.6. The van der Waals surface area contributed by atoms with E-state index in [1.807, 2.05) is 24.3 Å². The number of hydrogen-bond acceptors (Lipinski definition) is 10. The molecule has 0 aliphatic heterocycles. The highest BCUT2D eigenvalue weighted by Crippen LogP contribution is 2.26. The van der Waals surface area contributed by atoms with Crippen LogP contribution in [0.15, 0.2) is 95.4 Å². The lowest BCUT2D eigenvalue weighted by molar-refractivity contribution is -0.385. The summed E-state index contributed by atoms with van der Waals surface area (Å²) in [5.41, 5.74) is 9.99. The third-order valence-corrected chi connectivity index (χ3v) is 5.64. The van der Waals surface area contributed by atoms with Gasteiger partial charge in [-0.2, -0.15) is 10.2 Å². The third kappa shape index (κ3) is 5.09. The Morgan fingerprint density at radius 3 is 1.37 bits per heavy atom. The molecule has 2 heterocycles. The molecule has 12 heteroatoms. The van der Waals surface area contributed by atoms with Crippen LogP contribution in [0.4, 0.5) is 22.7 Å². The Balaban J connectivity index is 1.37. The monoisotopic (exact) mass is 506 g/mol. The van der Waals surface area contributed by atoms with E-state index in [-0.39, 0.29) is 11.4 Å². The first-order valence-corrected chi connectivity index (χ1v) is 11.2. The third-order valence-electron chi connectivity index (χ3n) is 5.64. The number of hydrogen-bond donors (Lipinski definition) is 2. The second-order valence-corrected chi connectivity index (χ2v) is 8.01. The fourth-order valence-corrected chi connectivity index (χ4v) is 3.76. The molecule has 186 valence electrons. The number of rotatable bonds is 8. The number of nitro benzene ring substituents is 2. The van der Waals surface area contributed by atoms with E-state index in [9.17, 15) is 20.2 Å². The van der Waals surface area contributed by atoms with Crippen LogP contribution in [-0.4, -0.2) is 32.2 Å². The Morgan fingerprint density at radius 1 is 0.605 bits per heavy atom. The Hall–Kier alpha value is -5.78. The van der Waals surface area contributed by atoms with E-state index in [4.69, 9.17) is 0 Å². The van der Waals surface area contributed by atoms with Crippen molar-refractivity contribution < 1.29 is 9.85 Å². The lowest BCUT2D eigenvalue weighted by atomic mass is 10.0. The summed E-state index contributed by atoms with van der Waals surface area (Å²) in [4.78, 5) is 29.8. The SMILES string of the molecule is O=[N+]([O-])c1ccc(N/N=C/c2ccnc3c2ccc2c(/C=N/Nc4ccc([N+](=O)[O-])cc4)ccnc23)cc1. The average molecular weight is 506 g/mol. The molecular formula is C26H18N8O4. The van der Waals surface area contributed by atoms with Crippen LogP contribution >= 0.6 is 0 Å². The molecule has 0 saturated carbocycles. The molecule has 0 amide bonds. The quantitative estimate of drug-likeness (QED) is 0.121. The van der Waals surface area contributed by atoms with Crippen LogP contribution in [0.1, 0.15) is 11.1 Å². The summed E-state index contributed by atoms with van der Waals surface area (Å²) in [6.07, 6.45) is 6.65. The van der Waals surface area contributed by atoms with Gasteiger partial charge in [0.05, 0.1) is 44.7 Å². The zero-order chi connectivity index (χ0) is 26.5. The number of fused-ring (bicyclic) bond motifs is 3. The van der Waals surface area contributed by atoms with Gasteiger partial charge in [0, 0.05) is 58.6 Å². The van der Waals surface area contributed by atoms with Gasteiger partial charge in [0.1, 0.15) is 0 Å². The van der Waals surface area contributed by atoms with Gasteiger partial charge in [-0.15, -0.1) is 0 Å². The number of nitro groups is 2. The molecular weight excluding hydrogens is 488 g/mol. The highest BCUT2D eigenvalue weighted by Gasteiger charge is 2.09. The van der Waals surface area contributed by atoms with Crippen LogP contribution in [0, 0.1) is 20.2 Å². The maximum atomic E-state index is 10.8. The van der Waals surface area contributed by atoms with Crippen molar-refractivity contribution in [3.63, 3.8) is 0 Å². The van der Waals surface area contributed by atoms with Crippen molar-refractivity contribution in [3.05, 3.63) is 117 Å². The molecule has 0 spiro atoms. The summed E-state index contributed by atoms with van der Waals surface area (Å²) in [5.74, 6) is 0. The molecule has 2 N–H and O–H groups in total. The minimum Gasteiger partial charge on any atom is -0.278 e. The van der Waals surface area contributed by atoms with Gasteiger partial charge in [0.25, 0.3) is 11.4 Å². The summed E-state index contributed by atoms with van der Waals surface area (Å²) in [6.45, 7) is 0. The van der Waals surface area contributed by atoms with Crippen molar-refractivity contribution >= 4 is 57.0 Å². The smallest absolute Gasteiger partial charge is 0.269 e. The van der Waals surface area contributed by atoms with Crippen molar-refractivity contribution in [3.8, 4) is 0 Å².